The van der Waals surface area contributed by atoms with Gasteiger partial charge in [-0.15, -0.1) is 0 Å². The summed E-state index contributed by atoms with van der Waals surface area (Å²) in [5, 5.41) is -2.14. The topological polar surface area (TPSA) is 161 Å². The Labute approximate surface area is 133 Å². The molecule has 0 amide bonds. The summed E-state index contributed by atoms with van der Waals surface area (Å²) in [6.45, 7) is 6.50. The minimum atomic E-state index is -5.01. The second-order valence-electron chi connectivity index (χ2n) is 4.36. The summed E-state index contributed by atoms with van der Waals surface area (Å²) in [6, 6.07) is 0. The van der Waals surface area contributed by atoms with Crippen molar-refractivity contribution >= 4 is 32.2 Å². The zero-order valence-corrected chi connectivity index (χ0v) is 13.7. The van der Waals surface area contributed by atoms with Gasteiger partial charge in [-0.2, -0.15) is 16.8 Å². The molecule has 0 aliphatic heterocycles. The van der Waals surface area contributed by atoms with E-state index < -0.39 is 55.9 Å². The Bertz CT molecular complexity index is 688. The summed E-state index contributed by atoms with van der Waals surface area (Å²) in [5.41, 5.74) is -0.0893. The molecule has 0 saturated heterocycles. The van der Waals surface area contributed by atoms with Crippen LogP contribution in [0.25, 0.3) is 0 Å². The lowest BCUT2D eigenvalue weighted by Gasteiger charge is -2.23. The first-order valence-corrected chi connectivity index (χ1v) is 8.96. The largest absolute Gasteiger partial charge is 0.461 e. The van der Waals surface area contributed by atoms with Gasteiger partial charge in [0.25, 0.3) is 20.2 Å². The van der Waals surface area contributed by atoms with Crippen molar-refractivity contribution in [1.29, 1.82) is 0 Å². The van der Waals surface area contributed by atoms with Crippen LogP contribution in [-0.2, 0) is 39.3 Å². The van der Waals surface area contributed by atoms with E-state index in [1.54, 1.807) is 0 Å². The molecule has 0 radical (unpaired) electrons. The number of carbonyl (C=O) groups excluding carboxylic acids is 2. The van der Waals surface area contributed by atoms with Gasteiger partial charge in [0.05, 0.1) is 0 Å². The Hall–Kier alpha value is -1.76. The maximum Gasteiger partial charge on any atom is 0.333 e. The van der Waals surface area contributed by atoms with Crippen LogP contribution in [0.4, 0.5) is 0 Å². The average molecular weight is 372 g/mol. The first-order chi connectivity index (χ1) is 10.3. The fraction of sp³-hybridized carbons (Fsp3) is 0.455. The molecule has 2 unspecified atom stereocenters. The van der Waals surface area contributed by atoms with Crippen LogP contribution in [-0.4, -0.2) is 61.6 Å². The van der Waals surface area contributed by atoms with Gasteiger partial charge in [0.2, 0.25) is 0 Å². The Kier molecular flexibility index (Phi) is 7.57. The lowest BCUT2D eigenvalue weighted by molar-refractivity contribution is -0.144. The van der Waals surface area contributed by atoms with Crippen LogP contribution in [0.1, 0.15) is 6.92 Å². The average Bonchev–Trinajstić information content (AvgIpc) is 2.34. The van der Waals surface area contributed by atoms with Crippen molar-refractivity contribution < 1.29 is 45.0 Å². The van der Waals surface area contributed by atoms with Crippen molar-refractivity contribution in [1.82, 2.24) is 0 Å². The van der Waals surface area contributed by atoms with Gasteiger partial charge in [0.1, 0.15) is 18.5 Å². The maximum absolute atomic E-state index is 11.4. The Morgan fingerprint density at radius 3 is 2.09 bits per heavy atom. The number of carbonyl (C=O) groups is 2. The third kappa shape index (κ3) is 8.44. The second-order valence-corrected chi connectivity index (χ2v) is 7.49. The first-order valence-electron chi connectivity index (χ1n) is 5.85. The minimum Gasteiger partial charge on any atom is -0.461 e. The molecule has 23 heavy (non-hydrogen) atoms. The lowest BCUT2D eigenvalue weighted by Crippen LogP contribution is -2.44. The molecular weight excluding hydrogens is 356 g/mol. The molecule has 0 saturated carbocycles. The number of rotatable bonds is 9. The molecule has 10 nitrogen and oxygen atoms in total. The van der Waals surface area contributed by atoms with Crippen molar-refractivity contribution in [3.8, 4) is 0 Å². The van der Waals surface area contributed by atoms with Gasteiger partial charge in [0, 0.05) is 11.6 Å². The van der Waals surface area contributed by atoms with E-state index in [1.807, 2.05) is 0 Å². The molecular formula is C11H16O10S2. The highest BCUT2D eigenvalue weighted by molar-refractivity contribution is 7.87. The monoisotopic (exact) mass is 372 g/mol. The molecule has 0 spiro atoms. The van der Waals surface area contributed by atoms with E-state index in [9.17, 15) is 26.4 Å². The van der Waals surface area contributed by atoms with Crippen LogP contribution in [0.15, 0.2) is 24.8 Å². The van der Waals surface area contributed by atoms with E-state index in [-0.39, 0.29) is 5.57 Å². The lowest BCUT2D eigenvalue weighted by atomic mass is 10.3. The van der Waals surface area contributed by atoms with Gasteiger partial charge in [0.15, 0.2) is 5.25 Å². The van der Waals surface area contributed by atoms with Crippen molar-refractivity contribution in [2.75, 3.05) is 12.4 Å². The third-order valence-corrected chi connectivity index (χ3v) is 4.29. The highest BCUT2D eigenvalue weighted by Gasteiger charge is 2.39. The number of hydrogen-bond acceptors (Lipinski definition) is 8. The van der Waals surface area contributed by atoms with Crippen LogP contribution in [0.3, 0.4) is 0 Å². The van der Waals surface area contributed by atoms with Crippen LogP contribution < -0.4 is 0 Å². The van der Waals surface area contributed by atoms with E-state index in [1.165, 1.54) is 6.92 Å². The number of hydrogen-bond donors (Lipinski definition) is 2. The van der Waals surface area contributed by atoms with Crippen molar-refractivity contribution in [3.05, 3.63) is 24.8 Å². The predicted molar refractivity (Wildman–Crippen MR) is 77.6 cm³/mol. The molecule has 0 aromatic rings. The molecule has 0 fully saturated rings. The van der Waals surface area contributed by atoms with Crippen molar-refractivity contribution in [3.63, 3.8) is 0 Å². The van der Waals surface area contributed by atoms with Crippen molar-refractivity contribution in [2.24, 2.45) is 0 Å². The van der Waals surface area contributed by atoms with Crippen molar-refractivity contribution in [2.45, 2.75) is 18.3 Å². The van der Waals surface area contributed by atoms with E-state index >= 15 is 0 Å². The SMILES string of the molecule is C=CC(=O)OC(CS(=O)(=O)O)C(COC(=O)C(=C)C)S(=O)(=O)O. The van der Waals surface area contributed by atoms with Gasteiger partial charge in [-0.3, -0.25) is 9.11 Å². The van der Waals surface area contributed by atoms with E-state index in [0.717, 1.165) is 0 Å². The zero-order chi connectivity index (χ0) is 18.4. The van der Waals surface area contributed by atoms with Crippen LogP contribution in [0.2, 0.25) is 0 Å². The molecule has 0 aromatic carbocycles. The molecule has 2 atom stereocenters. The quantitative estimate of drug-likeness (QED) is 0.302. The summed E-state index contributed by atoms with van der Waals surface area (Å²) in [4.78, 5) is 22.4. The first kappa shape index (κ1) is 21.2. The number of ether oxygens (including phenoxy) is 2. The van der Waals surface area contributed by atoms with Gasteiger partial charge in [-0.25, -0.2) is 9.59 Å². The molecule has 0 aliphatic carbocycles. The zero-order valence-electron chi connectivity index (χ0n) is 12.0. The molecule has 0 bridgehead atoms. The maximum atomic E-state index is 11.4. The van der Waals surface area contributed by atoms with E-state index in [0.29, 0.717) is 6.08 Å². The molecule has 0 aromatic heterocycles. The Morgan fingerprint density at radius 1 is 1.22 bits per heavy atom. The Morgan fingerprint density at radius 2 is 1.74 bits per heavy atom. The highest BCUT2D eigenvalue weighted by atomic mass is 32.2. The summed E-state index contributed by atoms with van der Waals surface area (Å²) in [7, 11) is -9.79. The summed E-state index contributed by atoms with van der Waals surface area (Å²) in [6.07, 6.45) is -1.43. The van der Waals surface area contributed by atoms with E-state index in [2.05, 4.69) is 22.6 Å². The molecule has 0 aliphatic rings. The van der Waals surface area contributed by atoms with Crippen LogP contribution in [0, 0.1) is 0 Å². The summed E-state index contributed by atoms with van der Waals surface area (Å²) < 4.78 is 71.6. The summed E-state index contributed by atoms with van der Waals surface area (Å²) >= 11 is 0. The van der Waals surface area contributed by atoms with Gasteiger partial charge in [-0.1, -0.05) is 13.2 Å². The van der Waals surface area contributed by atoms with E-state index in [4.69, 9.17) is 9.11 Å². The second kappa shape index (κ2) is 8.19. The highest BCUT2D eigenvalue weighted by Crippen LogP contribution is 2.14. The molecule has 0 rings (SSSR count). The predicted octanol–water partition coefficient (Wildman–Crippen LogP) is -0.652. The van der Waals surface area contributed by atoms with Gasteiger partial charge < -0.3 is 9.47 Å². The third-order valence-electron chi connectivity index (χ3n) is 2.33. The Balaban J connectivity index is 5.54. The molecule has 2 N–H and O–H groups in total. The fourth-order valence-corrected chi connectivity index (χ4v) is 2.90. The van der Waals surface area contributed by atoms with Crippen LogP contribution >= 0.6 is 0 Å². The number of esters is 2. The molecule has 12 heteroatoms. The fourth-order valence-electron chi connectivity index (χ4n) is 1.29. The van der Waals surface area contributed by atoms with Gasteiger partial charge >= 0.3 is 11.9 Å². The smallest absolute Gasteiger partial charge is 0.333 e. The normalized spacial score (nSPS) is 14.4. The molecule has 0 heterocycles. The summed E-state index contributed by atoms with van der Waals surface area (Å²) in [5.74, 6) is -3.57. The van der Waals surface area contributed by atoms with Crippen LogP contribution in [0.5, 0.6) is 0 Å². The molecule has 132 valence electrons. The standard InChI is InChI=1S/C11H16O10S2/c1-4-10(12)21-8(6-22(14,15)16)9(23(17,18)19)5-20-11(13)7(2)3/h4,8-9H,1-2,5-6H2,3H3,(H,14,15,16)(H,17,18,19). The minimum absolute atomic E-state index is 0.0893. The van der Waals surface area contributed by atoms with Gasteiger partial charge in [-0.05, 0) is 6.92 Å².